The Morgan fingerprint density at radius 1 is 0.714 bits per heavy atom. The fourth-order valence-corrected chi connectivity index (χ4v) is 3.36. The van der Waals surface area contributed by atoms with E-state index in [9.17, 15) is 4.79 Å². The van der Waals surface area contributed by atoms with E-state index in [1.165, 1.54) is 19.3 Å². The molecular weight excluding hydrogens is 362 g/mol. The molecule has 1 aromatic rings. The van der Waals surface area contributed by atoms with Crippen LogP contribution in [0.1, 0.15) is 42.5 Å². The van der Waals surface area contributed by atoms with Crippen molar-refractivity contribution >= 4 is 5.91 Å². The molecule has 1 aliphatic carbocycles. The van der Waals surface area contributed by atoms with Gasteiger partial charge in [0.15, 0.2) is 0 Å². The third-order valence-electron chi connectivity index (χ3n) is 4.82. The fourth-order valence-electron chi connectivity index (χ4n) is 3.36. The molecular formula is C21H31NO6. The molecule has 28 heavy (non-hydrogen) atoms. The first kappa shape index (κ1) is 20.9. The second-order valence-electron chi connectivity index (χ2n) is 7.04. The number of rotatable bonds is 2. The van der Waals surface area contributed by atoms with E-state index in [1.807, 2.05) is 0 Å². The van der Waals surface area contributed by atoms with Crippen LogP contribution in [0.25, 0.3) is 0 Å². The van der Waals surface area contributed by atoms with Crippen LogP contribution in [0.4, 0.5) is 0 Å². The maximum atomic E-state index is 12.7. The molecule has 0 spiro atoms. The van der Waals surface area contributed by atoms with Gasteiger partial charge in [0.1, 0.15) is 24.7 Å². The molecule has 0 aromatic heterocycles. The monoisotopic (exact) mass is 393 g/mol. The van der Waals surface area contributed by atoms with Crippen molar-refractivity contribution in [1.82, 2.24) is 5.32 Å². The van der Waals surface area contributed by atoms with E-state index in [0.717, 1.165) is 12.8 Å². The third kappa shape index (κ3) is 7.30. The summed E-state index contributed by atoms with van der Waals surface area (Å²) in [7, 11) is 0. The van der Waals surface area contributed by atoms with Gasteiger partial charge in [-0.25, -0.2) is 0 Å². The molecule has 0 atom stereocenters. The quantitative estimate of drug-likeness (QED) is 0.832. The van der Waals surface area contributed by atoms with Crippen molar-refractivity contribution < 1.29 is 28.5 Å². The van der Waals surface area contributed by atoms with Crippen molar-refractivity contribution in [1.29, 1.82) is 0 Å². The predicted molar refractivity (Wildman–Crippen MR) is 104 cm³/mol. The Labute approximate surface area is 166 Å². The van der Waals surface area contributed by atoms with E-state index in [0.29, 0.717) is 69.9 Å². The lowest BCUT2D eigenvalue weighted by atomic mass is 9.95. The molecule has 2 aliphatic rings. The van der Waals surface area contributed by atoms with Crippen LogP contribution in [0, 0.1) is 0 Å². The van der Waals surface area contributed by atoms with Gasteiger partial charge in [-0.3, -0.25) is 4.79 Å². The largest absolute Gasteiger partial charge is 0.491 e. The molecule has 3 rings (SSSR count). The summed E-state index contributed by atoms with van der Waals surface area (Å²) in [6.45, 7) is 3.79. The van der Waals surface area contributed by atoms with Gasteiger partial charge in [0.05, 0.1) is 39.6 Å². The molecule has 0 saturated heterocycles. The van der Waals surface area contributed by atoms with Gasteiger partial charge in [-0.2, -0.15) is 0 Å². The minimum atomic E-state index is -0.0822. The first-order valence-electron chi connectivity index (χ1n) is 10.3. The molecule has 1 heterocycles. The molecule has 1 fully saturated rings. The van der Waals surface area contributed by atoms with Crippen LogP contribution in [-0.2, 0) is 14.2 Å². The summed E-state index contributed by atoms with van der Waals surface area (Å²) in [6, 6.07) is 5.57. The number of hydrogen-bond donors (Lipinski definition) is 1. The van der Waals surface area contributed by atoms with Crippen molar-refractivity contribution in [2.75, 3.05) is 52.9 Å². The molecule has 0 unspecified atom stereocenters. The summed E-state index contributed by atoms with van der Waals surface area (Å²) in [5.41, 5.74) is 0.550. The standard InChI is InChI=1S/C21H31NO6/c23-21(22-18-4-2-1-3-5-18)17-14-19-16-20(15-17)28-13-11-26-9-7-24-6-8-25-10-12-27-19/h14-16,18H,1-13H2,(H,22,23). The lowest BCUT2D eigenvalue weighted by molar-refractivity contribution is 0.00433. The number of fused-ring (bicyclic) bond motifs is 2. The molecule has 1 aliphatic heterocycles. The maximum absolute atomic E-state index is 12.7. The first-order chi connectivity index (χ1) is 13.8. The number of carbonyl (C=O) groups is 1. The Morgan fingerprint density at radius 2 is 1.21 bits per heavy atom. The highest BCUT2D eigenvalue weighted by Gasteiger charge is 2.18. The number of ether oxygens (including phenoxy) is 5. The van der Waals surface area contributed by atoms with E-state index in [2.05, 4.69) is 5.32 Å². The molecule has 156 valence electrons. The van der Waals surface area contributed by atoms with Gasteiger partial charge in [0, 0.05) is 17.7 Å². The third-order valence-corrected chi connectivity index (χ3v) is 4.82. The lowest BCUT2D eigenvalue weighted by Gasteiger charge is -2.23. The van der Waals surface area contributed by atoms with Gasteiger partial charge >= 0.3 is 0 Å². The molecule has 1 N–H and O–H groups in total. The van der Waals surface area contributed by atoms with Crippen molar-refractivity contribution in [3.8, 4) is 11.5 Å². The fraction of sp³-hybridized carbons (Fsp3) is 0.667. The SMILES string of the molecule is O=C(NC1CCCCC1)c1cc2cc(c1)OCCOCCOCCOCCO2. The van der Waals surface area contributed by atoms with E-state index in [1.54, 1.807) is 18.2 Å². The zero-order valence-corrected chi connectivity index (χ0v) is 16.5. The van der Waals surface area contributed by atoms with Gasteiger partial charge < -0.3 is 29.0 Å². The summed E-state index contributed by atoms with van der Waals surface area (Å²) >= 11 is 0. The predicted octanol–water partition coefficient (Wildman–Crippen LogP) is 2.57. The van der Waals surface area contributed by atoms with Crippen LogP contribution in [0.5, 0.6) is 11.5 Å². The average molecular weight is 393 g/mol. The Kier molecular flexibility index (Phi) is 8.87. The summed E-state index contributed by atoms with van der Waals surface area (Å²) in [5, 5.41) is 3.14. The Bertz CT molecular complexity index is 570. The Balaban J connectivity index is 1.64. The van der Waals surface area contributed by atoms with Gasteiger partial charge in [-0.15, -0.1) is 0 Å². The number of amides is 1. The van der Waals surface area contributed by atoms with Crippen LogP contribution in [-0.4, -0.2) is 64.8 Å². The van der Waals surface area contributed by atoms with E-state index < -0.39 is 0 Å². The van der Waals surface area contributed by atoms with Crippen LogP contribution in [0.15, 0.2) is 18.2 Å². The number of nitrogens with one attached hydrogen (secondary N) is 1. The second kappa shape index (κ2) is 11.9. The minimum Gasteiger partial charge on any atom is -0.491 e. The van der Waals surface area contributed by atoms with Crippen molar-refractivity contribution in [2.45, 2.75) is 38.1 Å². The molecule has 1 saturated carbocycles. The maximum Gasteiger partial charge on any atom is 0.251 e. The molecule has 2 bridgehead atoms. The molecule has 0 radical (unpaired) electrons. The number of carbonyl (C=O) groups excluding carboxylic acids is 1. The number of benzene rings is 1. The Hall–Kier alpha value is -1.83. The highest BCUT2D eigenvalue weighted by Crippen LogP contribution is 2.24. The molecule has 7 heteroatoms. The normalized spacial score (nSPS) is 20.6. The molecule has 1 aromatic carbocycles. The zero-order chi connectivity index (χ0) is 19.4. The smallest absolute Gasteiger partial charge is 0.251 e. The van der Waals surface area contributed by atoms with Crippen LogP contribution in [0.3, 0.4) is 0 Å². The molecule has 1 amide bonds. The van der Waals surface area contributed by atoms with Crippen LogP contribution >= 0.6 is 0 Å². The van der Waals surface area contributed by atoms with Gasteiger partial charge in [-0.05, 0) is 25.0 Å². The van der Waals surface area contributed by atoms with Crippen LogP contribution < -0.4 is 14.8 Å². The summed E-state index contributed by atoms with van der Waals surface area (Å²) in [4.78, 5) is 12.7. The number of hydrogen-bond acceptors (Lipinski definition) is 6. The van der Waals surface area contributed by atoms with E-state index in [4.69, 9.17) is 23.7 Å². The molecule has 7 nitrogen and oxygen atoms in total. The van der Waals surface area contributed by atoms with Crippen molar-refractivity contribution in [3.63, 3.8) is 0 Å². The van der Waals surface area contributed by atoms with Crippen molar-refractivity contribution in [3.05, 3.63) is 23.8 Å². The minimum absolute atomic E-state index is 0.0822. The van der Waals surface area contributed by atoms with Gasteiger partial charge in [0.2, 0.25) is 0 Å². The summed E-state index contributed by atoms with van der Waals surface area (Å²) in [5.74, 6) is 1.11. The summed E-state index contributed by atoms with van der Waals surface area (Å²) < 4.78 is 27.9. The van der Waals surface area contributed by atoms with Crippen molar-refractivity contribution in [2.24, 2.45) is 0 Å². The van der Waals surface area contributed by atoms with Crippen LogP contribution in [0.2, 0.25) is 0 Å². The zero-order valence-electron chi connectivity index (χ0n) is 16.5. The topological polar surface area (TPSA) is 75.3 Å². The second-order valence-corrected chi connectivity index (χ2v) is 7.04. The first-order valence-corrected chi connectivity index (χ1v) is 10.3. The average Bonchev–Trinajstić information content (AvgIpc) is 2.71. The highest BCUT2D eigenvalue weighted by atomic mass is 16.6. The van der Waals surface area contributed by atoms with E-state index in [-0.39, 0.29) is 11.9 Å². The summed E-state index contributed by atoms with van der Waals surface area (Å²) in [6.07, 6.45) is 5.69. The van der Waals surface area contributed by atoms with Gasteiger partial charge in [0.25, 0.3) is 5.91 Å². The Morgan fingerprint density at radius 3 is 1.75 bits per heavy atom. The van der Waals surface area contributed by atoms with Gasteiger partial charge in [-0.1, -0.05) is 19.3 Å². The highest BCUT2D eigenvalue weighted by molar-refractivity contribution is 5.95. The lowest BCUT2D eigenvalue weighted by Crippen LogP contribution is -2.36. The van der Waals surface area contributed by atoms with E-state index >= 15 is 0 Å².